The van der Waals surface area contributed by atoms with Gasteiger partial charge in [0.15, 0.2) is 0 Å². The smallest absolute Gasteiger partial charge is 0.317 e. The van der Waals surface area contributed by atoms with Crippen molar-refractivity contribution in [3.63, 3.8) is 0 Å². The Hall–Kier alpha value is -0.570. The number of rotatable bonds is 3. The molecule has 0 unspecified atom stereocenters. The molecule has 1 aliphatic carbocycles. The maximum Gasteiger partial charge on any atom is 0.317 e. The van der Waals surface area contributed by atoms with Crippen LogP contribution in [-0.4, -0.2) is 34.1 Å². The highest BCUT2D eigenvalue weighted by Gasteiger charge is 2.31. The number of hydrogen-bond acceptors (Lipinski definition) is 2. The van der Waals surface area contributed by atoms with Crippen LogP contribution in [0.4, 0.5) is 0 Å². The third-order valence-electron chi connectivity index (χ3n) is 2.93. The van der Waals surface area contributed by atoms with Crippen molar-refractivity contribution < 1.29 is 9.90 Å². The Morgan fingerprint density at radius 2 is 1.86 bits per heavy atom. The van der Waals surface area contributed by atoms with E-state index in [1.54, 1.807) is 0 Å². The molecule has 0 aromatic carbocycles. The summed E-state index contributed by atoms with van der Waals surface area (Å²) in [5.74, 6) is -0.716. The van der Waals surface area contributed by atoms with Crippen molar-refractivity contribution >= 4 is 5.97 Å². The standard InChI is InChI=1S/C11H21NO2/c1-11(2,3)12(8-10(13)14)9-6-4-5-7-9/h9H,4-8H2,1-3H3,(H,13,14). The van der Waals surface area contributed by atoms with E-state index in [1.165, 1.54) is 12.8 Å². The zero-order valence-electron chi connectivity index (χ0n) is 9.42. The van der Waals surface area contributed by atoms with Gasteiger partial charge in [0.05, 0.1) is 6.54 Å². The fourth-order valence-electron chi connectivity index (χ4n) is 2.28. The van der Waals surface area contributed by atoms with Gasteiger partial charge in [-0.25, -0.2) is 0 Å². The van der Waals surface area contributed by atoms with Crippen molar-refractivity contribution in [3.05, 3.63) is 0 Å². The molecule has 0 radical (unpaired) electrons. The van der Waals surface area contributed by atoms with Crippen molar-refractivity contribution in [3.8, 4) is 0 Å². The molecule has 3 heteroatoms. The summed E-state index contributed by atoms with van der Waals surface area (Å²) >= 11 is 0. The molecule has 0 aliphatic heterocycles. The van der Waals surface area contributed by atoms with Crippen LogP contribution in [-0.2, 0) is 4.79 Å². The highest BCUT2D eigenvalue weighted by molar-refractivity contribution is 5.69. The molecular formula is C11H21NO2. The third kappa shape index (κ3) is 2.98. The molecular weight excluding hydrogens is 178 g/mol. The predicted molar refractivity (Wildman–Crippen MR) is 56.4 cm³/mol. The van der Waals surface area contributed by atoms with Crippen LogP contribution in [0.15, 0.2) is 0 Å². The van der Waals surface area contributed by atoms with E-state index in [2.05, 4.69) is 25.7 Å². The average molecular weight is 199 g/mol. The Morgan fingerprint density at radius 3 is 2.21 bits per heavy atom. The Labute approximate surface area is 86.1 Å². The van der Waals surface area contributed by atoms with E-state index in [1.807, 2.05) is 0 Å². The second-order valence-corrected chi connectivity index (χ2v) is 5.13. The van der Waals surface area contributed by atoms with Gasteiger partial charge in [-0.1, -0.05) is 12.8 Å². The van der Waals surface area contributed by atoms with Crippen molar-refractivity contribution in [2.45, 2.75) is 58.0 Å². The van der Waals surface area contributed by atoms with Crippen LogP contribution in [0.1, 0.15) is 46.5 Å². The summed E-state index contributed by atoms with van der Waals surface area (Å²) in [5.41, 5.74) is -0.0343. The summed E-state index contributed by atoms with van der Waals surface area (Å²) in [5, 5.41) is 8.87. The highest BCUT2D eigenvalue weighted by atomic mass is 16.4. The molecule has 3 nitrogen and oxygen atoms in total. The lowest BCUT2D eigenvalue weighted by Gasteiger charge is -2.39. The van der Waals surface area contributed by atoms with Crippen molar-refractivity contribution in [1.82, 2.24) is 4.90 Å². The summed E-state index contributed by atoms with van der Waals surface area (Å²) in [6.07, 6.45) is 4.81. The average Bonchev–Trinajstić information content (AvgIpc) is 2.49. The molecule has 0 saturated heterocycles. The minimum Gasteiger partial charge on any atom is -0.480 e. The van der Waals surface area contributed by atoms with Gasteiger partial charge in [0.2, 0.25) is 0 Å². The van der Waals surface area contributed by atoms with Gasteiger partial charge < -0.3 is 5.11 Å². The van der Waals surface area contributed by atoms with Crippen LogP contribution in [0.2, 0.25) is 0 Å². The maximum atomic E-state index is 10.8. The Balaban J connectivity index is 2.65. The van der Waals surface area contributed by atoms with Crippen LogP contribution in [0.3, 0.4) is 0 Å². The van der Waals surface area contributed by atoms with Crippen molar-refractivity contribution in [2.24, 2.45) is 0 Å². The van der Waals surface area contributed by atoms with Gasteiger partial charge in [0, 0.05) is 11.6 Å². The van der Waals surface area contributed by atoms with Gasteiger partial charge in [-0.3, -0.25) is 9.69 Å². The largest absolute Gasteiger partial charge is 0.480 e. The lowest BCUT2D eigenvalue weighted by molar-refractivity contribution is -0.140. The molecule has 14 heavy (non-hydrogen) atoms. The Bertz CT molecular complexity index is 202. The van der Waals surface area contributed by atoms with Crippen LogP contribution in [0.25, 0.3) is 0 Å². The predicted octanol–water partition coefficient (Wildman–Crippen LogP) is 2.11. The second kappa shape index (κ2) is 4.30. The van der Waals surface area contributed by atoms with Gasteiger partial charge in [0.25, 0.3) is 0 Å². The van der Waals surface area contributed by atoms with E-state index in [-0.39, 0.29) is 12.1 Å². The number of nitrogens with zero attached hydrogens (tertiary/aromatic N) is 1. The number of carboxylic acids is 1. The lowest BCUT2D eigenvalue weighted by atomic mass is 10.0. The van der Waals surface area contributed by atoms with E-state index in [0.717, 1.165) is 12.8 Å². The van der Waals surface area contributed by atoms with E-state index in [0.29, 0.717) is 6.04 Å². The van der Waals surface area contributed by atoms with Crippen LogP contribution in [0.5, 0.6) is 0 Å². The van der Waals surface area contributed by atoms with Gasteiger partial charge in [0.1, 0.15) is 0 Å². The topological polar surface area (TPSA) is 40.5 Å². The first kappa shape index (κ1) is 11.5. The number of carbonyl (C=O) groups is 1. The van der Waals surface area contributed by atoms with Crippen LogP contribution < -0.4 is 0 Å². The Morgan fingerprint density at radius 1 is 1.36 bits per heavy atom. The van der Waals surface area contributed by atoms with Gasteiger partial charge >= 0.3 is 5.97 Å². The summed E-state index contributed by atoms with van der Waals surface area (Å²) < 4.78 is 0. The van der Waals surface area contributed by atoms with Crippen LogP contribution in [0, 0.1) is 0 Å². The molecule has 0 atom stereocenters. The molecule has 0 amide bonds. The first-order valence-corrected chi connectivity index (χ1v) is 5.40. The molecule has 1 N–H and O–H groups in total. The van der Waals surface area contributed by atoms with Crippen LogP contribution >= 0.6 is 0 Å². The summed E-state index contributed by atoms with van der Waals surface area (Å²) in [6, 6.07) is 0.478. The molecule has 0 heterocycles. The monoisotopic (exact) mass is 199 g/mol. The molecule has 0 aromatic heterocycles. The van der Waals surface area contributed by atoms with E-state index < -0.39 is 5.97 Å². The fourth-order valence-corrected chi connectivity index (χ4v) is 2.28. The normalized spacial score (nSPS) is 19.1. The van der Waals surface area contributed by atoms with E-state index in [4.69, 9.17) is 5.11 Å². The quantitative estimate of drug-likeness (QED) is 0.756. The molecule has 0 aromatic rings. The zero-order chi connectivity index (χ0) is 10.8. The lowest BCUT2D eigenvalue weighted by Crippen LogP contribution is -2.49. The van der Waals surface area contributed by atoms with Crippen molar-refractivity contribution in [2.75, 3.05) is 6.54 Å². The molecule has 82 valence electrons. The number of hydrogen-bond donors (Lipinski definition) is 1. The molecule has 1 saturated carbocycles. The van der Waals surface area contributed by atoms with Gasteiger partial charge in [-0.2, -0.15) is 0 Å². The maximum absolute atomic E-state index is 10.8. The minimum absolute atomic E-state index is 0.0343. The minimum atomic E-state index is -0.716. The summed E-state index contributed by atoms with van der Waals surface area (Å²) in [6.45, 7) is 6.45. The first-order valence-electron chi connectivity index (χ1n) is 5.40. The van der Waals surface area contributed by atoms with E-state index >= 15 is 0 Å². The zero-order valence-corrected chi connectivity index (χ0v) is 9.42. The SMILES string of the molecule is CC(C)(C)N(CC(=O)O)C1CCCC1. The van der Waals surface area contributed by atoms with E-state index in [9.17, 15) is 4.79 Å². The fraction of sp³-hybridized carbons (Fsp3) is 0.909. The molecule has 1 rings (SSSR count). The third-order valence-corrected chi connectivity index (χ3v) is 2.93. The second-order valence-electron chi connectivity index (χ2n) is 5.13. The molecule has 0 bridgehead atoms. The number of aliphatic carboxylic acids is 1. The summed E-state index contributed by atoms with van der Waals surface area (Å²) in [4.78, 5) is 12.9. The Kier molecular flexibility index (Phi) is 3.53. The number of carboxylic acid groups (broad SMARTS) is 1. The molecule has 1 fully saturated rings. The van der Waals surface area contributed by atoms with Gasteiger partial charge in [-0.05, 0) is 33.6 Å². The van der Waals surface area contributed by atoms with Crippen molar-refractivity contribution in [1.29, 1.82) is 0 Å². The summed E-state index contributed by atoms with van der Waals surface area (Å²) in [7, 11) is 0. The van der Waals surface area contributed by atoms with Gasteiger partial charge in [-0.15, -0.1) is 0 Å². The first-order chi connectivity index (χ1) is 6.41. The molecule has 1 aliphatic rings. The highest BCUT2D eigenvalue weighted by Crippen LogP contribution is 2.28. The molecule has 0 spiro atoms.